The van der Waals surface area contributed by atoms with Gasteiger partial charge in [-0.25, -0.2) is 0 Å². The predicted molar refractivity (Wildman–Crippen MR) is 83.2 cm³/mol. The number of carbonyl (C=O) groups excluding carboxylic acids is 1. The molecule has 4 nitrogen and oxygen atoms in total. The molecule has 0 saturated carbocycles. The minimum absolute atomic E-state index is 0.0455. The first-order valence-electron chi connectivity index (χ1n) is 7.19. The SMILES string of the molecule is CCNC(=O)c1ccc(NCC(C)(CC)CO)c(C)c1. The van der Waals surface area contributed by atoms with Crippen molar-refractivity contribution in [1.82, 2.24) is 5.32 Å². The van der Waals surface area contributed by atoms with Crippen LogP contribution in [-0.2, 0) is 0 Å². The van der Waals surface area contributed by atoms with E-state index < -0.39 is 0 Å². The number of hydrogen-bond donors (Lipinski definition) is 3. The summed E-state index contributed by atoms with van der Waals surface area (Å²) in [6, 6.07) is 5.63. The molecule has 4 heteroatoms. The standard InChI is InChI=1S/C16H26N2O2/c1-5-16(4,11-19)10-18-14-8-7-13(9-12(14)3)15(20)17-6-2/h7-9,18-19H,5-6,10-11H2,1-4H3,(H,17,20). The molecule has 1 aromatic rings. The lowest BCUT2D eigenvalue weighted by atomic mass is 9.88. The predicted octanol–water partition coefficient (Wildman–Crippen LogP) is 2.57. The Balaban J connectivity index is 2.76. The fraction of sp³-hybridized carbons (Fsp3) is 0.562. The van der Waals surface area contributed by atoms with E-state index in [0.29, 0.717) is 18.7 Å². The summed E-state index contributed by atoms with van der Waals surface area (Å²) in [5.74, 6) is -0.0455. The van der Waals surface area contributed by atoms with Gasteiger partial charge in [-0.3, -0.25) is 4.79 Å². The molecule has 3 N–H and O–H groups in total. The van der Waals surface area contributed by atoms with E-state index in [4.69, 9.17) is 0 Å². The largest absolute Gasteiger partial charge is 0.396 e. The molecule has 0 aliphatic rings. The molecule has 0 bridgehead atoms. The molecule has 0 aliphatic heterocycles. The summed E-state index contributed by atoms with van der Waals surface area (Å²) in [5, 5.41) is 15.6. The number of aliphatic hydroxyl groups excluding tert-OH is 1. The van der Waals surface area contributed by atoms with E-state index in [0.717, 1.165) is 17.7 Å². The number of hydrogen-bond acceptors (Lipinski definition) is 3. The molecule has 1 amide bonds. The average molecular weight is 278 g/mol. The van der Waals surface area contributed by atoms with Crippen LogP contribution in [0.25, 0.3) is 0 Å². The third-order valence-electron chi connectivity index (χ3n) is 3.77. The molecule has 20 heavy (non-hydrogen) atoms. The Morgan fingerprint density at radius 1 is 1.35 bits per heavy atom. The number of aliphatic hydroxyl groups is 1. The quantitative estimate of drug-likeness (QED) is 0.718. The van der Waals surface area contributed by atoms with Crippen LogP contribution in [0.5, 0.6) is 0 Å². The number of anilines is 1. The highest BCUT2D eigenvalue weighted by atomic mass is 16.3. The second-order valence-electron chi connectivity index (χ2n) is 5.57. The highest BCUT2D eigenvalue weighted by Gasteiger charge is 2.20. The van der Waals surface area contributed by atoms with Gasteiger partial charge in [0.1, 0.15) is 0 Å². The first-order valence-corrected chi connectivity index (χ1v) is 7.19. The molecule has 0 aromatic heterocycles. The molecule has 1 atom stereocenters. The van der Waals surface area contributed by atoms with Gasteiger partial charge >= 0.3 is 0 Å². The van der Waals surface area contributed by atoms with Crippen molar-refractivity contribution in [3.8, 4) is 0 Å². The lowest BCUT2D eigenvalue weighted by Gasteiger charge is -2.27. The molecule has 0 radical (unpaired) electrons. The Hall–Kier alpha value is -1.55. The molecule has 0 fully saturated rings. The summed E-state index contributed by atoms with van der Waals surface area (Å²) < 4.78 is 0. The number of rotatable bonds is 7. The van der Waals surface area contributed by atoms with Crippen LogP contribution in [0, 0.1) is 12.3 Å². The number of aryl methyl sites for hydroxylation is 1. The van der Waals surface area contributed by atoms with Gasteiger partial charge in [0.2, 0.25) is 0 Å². The van der Waals surface area contributed by atoms with Crippen LogP contribution in [0.2, 0.25) is 0 Å². The second-order valence-corrected chi connectivity index (χ2v) is 5.57. The maximum Gasteiger partial charge on any atom is 0.251 e. The molecular weight excluding hydrogens is 252 g/mol. The van der Waals surface area contributed by atoms with E-state index in [2.05, 4.69) is 24.5 Å². The van der Waals surface area contributed by atoms with Crippen molar-refractivity contribution in [2.45, 2.75) is 34.1 Å². The molecule has 1 aromatic carbocycles. The van der Waals surface area contributed by atoms with E-state index in [1.807, 2.05) is 32.0 Å². The normalized spacial score (nSPS) is 13.7. The molecular formula is C16H26N2O2. The fourth-order valence-electron chi connectivity index (χ4n) is 1.87. The summed E-state index contributed by atoms with van der Waals surface area (Å²) in [6.07, 6.45) is 0.909. The van der Waals surface area contributed by atoms with E-state index in [9.17, 15) is 9.90 Å². The van der Waals surface area contributed by atoms with Gasteiger partial charge in [-0.1, -0.05) is 13.8 Å². The van der Waals surface area contributed by atoms with Gasteiger partial charge in [-0.15, -0.1) is 0 Å². The van der Waals surface area contributed by atoms with Gasteiger partial charge in [-0.05, 0) is 44.0 Å². The van der Waals surface area contributed by atoms with Gasteiger partial charge in [-0.2, -0.15) is 0 Å². The zero-order chi connectivity index (χ0) is 15.2. The average Bonchev–Trinajstić information content (AvgIpc) is 2.45. The van der Waals surface area contributed by atoms with E-state index in [1.165, 1.54) is 0 Å². The minimum atomic E-state index is -0.120. The molecule has 0 heterocycles. The zero-order valence-corrected chi connectivity index (χ0v) is 12.9. The van der Waals surface area contributed by atoms with Crippen LogP contribution in [0.15, 0.2) is 18.2 Å². The summed E-state index contributed by atoms with van der Waals surface area (Å²) in [7, 11) is 0. The number of benzene rings is 1. The maximum absolute atomic E-state index is 11.8. The third kappa shape index (κ3) is 4.23. The number of amides is 1. The van der Waals surface area contributed by atoms with E-state index >= 15 is 0 Å². The maximum atomic E-state index is 11.8. The van der Waals surface area contributed by atoms with Crippen LogP contribution < -0.4 is 10.6 Å². The van der Waals surface area contributed by atoms with Crippen molar-refractivity contribution in [2.75, 3.05) is 25.0 Å². The van der Waals surface area contributed by atoms with Crippen molar-refractivity contribution in [1.29, 1.82) is 0 Å². The topological polar surface area (TPSA) is 61.4 Å². The number of carbonyl (C=O) groups is 1. The first kappa shape index (κ1) is 16.5. The fourth-order valence-corrected chi connectivity index (χ4v) is 1.87. The van der Waals surface area contributed by atoms with Crippen molar-refractivity contribution in [2.24, 2.45) is 5.41 Å². The van der Waals surface area contributed by atoms with Crippen LogP contribution >= 0.6 is 0 Å². The Bertz CT molecular complexity index is 454. The second kappa shape index (κ2) is 7.29. The van der Waals surface area contributed by atoms with Gasteiger partial charge < -0.3 is 15.7 Å². The molecule has 0 saturated heterocycles. The molecule has 0 spiro atoms. The van der Waals surface area contributed by atoms with E-state index in [1.54, 1.807) is 0 Å². The summed E-state index contributed by atoms with van der Waals surface area (Å²) in [5.41, 5.74) is 2.59. The third-order valence-corrected chi connectivity index (χ3v) is 3.77. The molecule has 1 unspecified atom stereocenters. The Labute approximate surface area is 121 Å². The van der Waals surface area contributed by atoms with Crippen molar-refractivity contribution in [3.05, 3.63) is 29.3 Å². The number of nitrogens with one attached hydrogen (secondary N) is 2. The van der Waals surface area contributed by atoms with Crippen LogP contribution in [0.4, 0.5) is 5.69 Å². The van der Waals surface area contributed by atoms with Gasteiger partial charge in [0.25, 0.3) is 5.91 Å². The molecule has 112 valence electrons. The summed E-state index contributed by atoms with van der Waals surface area (Å²) in [4.78, 5) is 11.8. The highest BCUT2D eigenvalue weighted by Crippen LogP contribution is 2.23. The Kier molecular flexibility index (Phi) is 6.02. The summed E-state index contributed by atoms with van der Waals surface area (Å²) >= 11 is 0. The molecule has 1 rings (SSSR count). The van der Waals surface area contributed by atoms with Crippen LogP contribution in [0.3, 0.4) is 0 Å². The van der Waals surface area contributed by atoms with Crippen LogP contribution in [-0.4, -0.2) is 30.7 Å². The van der Waals surface area contributed by atoms with Gasteiger partial charge in [0, 0.05) is 29.8 Å². The minimum Gasteiger partial charge on any atom is -0.396 e. The molecule has 0 aliphatic carbocycles. The van der Waals surface area contributed by atoms with E-state index in [-0.39, 0.29) is 17.9 Å². The van der Waals surface area contributed by atoms with Crippen LogP contribution in [0.1, 0.15) is 43.1 Å². The lowest BCUT2D eigenvalue weighted by molar-refractivity contribution is 0.0956. The van der Waals surface area contributed by atoms with Crippen molar-refractivity contribution in [3.63, 3.8) is 0 Å². The highest BCUT2D eigenvalue weighted by molar-refractivity contribution is 5.94. The van der Waals surface area contributed by atoms with Gasteiger partial charge in [0.05, 0.1) is 6.61 Å². The Morgan fingerprint density at radius 2 is 2.05 bits per heavy atom. The van der Waals surface area contributed by atoms with Crippen molar-refractivity contribution >= 4 is 11.6 Å². The summed E-state index contributed by atoms with van der Waals surface area (Å²) in [6.45, 7) is 9.51. The van der Waals surface area contributed by atoms with Crippen molar-refractivity contribution < 1.29 is 9.90 Å². The monoisotopic (exact) mass is 278 g/mol. The smallest absolute Gasteiger partial charge is 0.251 e. The lowest BCUT2D eigenvalue weighted by Crippen LogP contribution is -2.29. The first-order chi connectivity index (χ1) is 9.45. The zero-order valence-electron chi connectivity index (χ0n) is 12.9. The Morgan fingerprint density at radius 3 is 2.55 bits per heavy atom. The van der Waals surface area contributed by atoms with Gasteiger partial charge in [0.15, 0.2) is 0 Å².